The first-order valence-electron chi connectivity index (χ1n) is 6.10. The van der Waals surface area contributed by atoms with Gasteiger partial charge >= 0.3 is 0 Å². The second kappa shape index (κ2) is 6.50. The van der Waals surface area contributed by atoms with Gasteiger partial charge in [-0.15, -0.1) is 11.3 Å². The Labute approximate surface area is 121 Å². The third-order valence-corrected chi connectivity index (χ3v) is 4.91. The fraction of sp³-hybridized carbons (Fsp3) is 0.333. The molecule has 1 atom stereocenters. The summed E-state index contributed by atoms with van der Waals surface area (Å²) >= 11 is 5.19. The van der Waals surface area contributed by atoms with Crippen LogP contribution in [0.1, 0.15) is 22.4 Å². The van der Waals surface area contributed by atoms with Gasteiger partial charge in [-0.3, -0.25) is 0 Å². The lowest BCUT2D eigenvalue weighted by molar-refractivity contribution is 0.166. The minimum absolute atomic E-state index is 0.263. The zero-order valence-corrected chi connectivity index (χ0v) is 12.8. The van der Waals surface area contributed by atoms with E-state index in [0.717, 1.165) is 23.7 Å². The number of thiophene rings is 1. The van der Waals surface area contributed by atoms with Gasteiger partial charge in [-0.1, -0.05) is 29.8 Å². The molecule has 0 aliphatic heterocycles. The van der Waals surface area contributed by atoms with E-state index in [9.17, 15) is 5.11 Å². The van der Waals surface area contributed by atoms with E-state index in [1.807, 2.05) is 11.4 Å². The lowest BCUT2D eigenvalue weighted by Crippen LogP contribution is -2.11. The Kier molecular flexibility index (Phi) is 4.98. The summed E-state index contributed by atoms with van der Waals surface area (Å²) in [6, 6.07) is 10.5. The maximum absolute atomic E-state index is 10.1. The number of benzene rings is 1. The number of aryl methyl sites for hydroxylation is 2. The Hall–Kier alpha value is -0.640. The molecule has 1 nitrogen and oxygen atoms in total. The highest BCUT2D eigenvalue weighted by Gasteiger charge is 2.09. The molecule has 1 unspecified atom stereocenters. The van der Waals surface area contributed by atoms with E-state index >= 15 is 0 Å². The monoisotopic (exact) mass is 324 g/mol. The zero-order chi connectivity index (χ0) is 13.0. The van der Waals surface area contributed by atoms with E-state index in [0.29, 0.717) is 0 Å². The maximum Gasteiger partial charge on any atom is 0.0592 e. The summed E-state index contributed by atoms with van der Waals surface area (Å²) in [4.78, 5) is 1.23. The van der Waals surface area contributed by atoms with E-state index in [-0.39, 0.29) is 6.10 Å². The molecule has 0 radical (unpaired) electrons. The number of aliphatic hydroxyl groups is 1. The van der Waals surface area contributed by atoms with Gasteiger partial charge in [-0.2, -0.15) is 0 Å². The summed E-state index contributed by atoms with van der Waals surface area (Å²) in [6.45, 7) is 2.10. The third-order valence-electron chi connectivity index (χ3n) is 2.96. The van der Waals surface area contributed by atoms with Gasteiger partial charge in [0.1, 0.15) is 0 Å². The summed E-state index contributed by atoms with van der Waals surface area (Å²) < 4.78 is 1.11. The number of halogens is 1. The topological polar surface area (TPSA) is 20.2 Å². The van der Waals surface area contributed by atoms with Gasteiger partial charge in [0, 0.05) is 15.8 Å². The van der Waals surface area contributed by atoms with Gasteiger partial charge < -0.3 is 5.11 Å². The summed E-state index contributed by atoms with van der Waals surface area (Å²) in [5.74, 6) is 0. The molecule has 3 heteroatoms. The quantitative estimate of drug-likeness (QED) is 0.866. The van der Waals surface area contributed by atoms with Crippen molar-refractivity contribution in [2.75, 3.05) is 0 Å². The normalized spacial score (nSPS) is 12.6. The molecule has 0 bridgehead atoms. The average molecular weight is 325 g/mol. The van der Waals surface area contributed by atoms with Crippen LogP contribution in [0.3, 0.4) is 0 Å². The molecule has 1 aromatic carbocycles. The molecule has 0 aliphatic carbocycles. The zero-order valence-electron chi connectivity index (χ0n) is 10.4. The summed E-state index contributed by atoms with van der Waals surface area (Å²) in [6.07, 6.45) is 2.23. The number of aliphatic hydroxyl groups excluding tert-OH is 1. The van der Waals surface area contributed by atoms with Crippen LogP contribution in [0, 0.1) is 6.92 Å². The molecule has 2 aromatic rings. The van der Waals surface area contributed by atoms with Crippen molar-refractivity contribution in [3.05, 3.63) is 56.2 Å². The van der Waals surface area contributed by atoms with E-state index in [2.05, 4.69) is 47.1 Å². The largest absolute Gasteiger partial charge is 0.393 e. The smallest absolute Gasteiger partial charge is 0.0592 e. The van der Waals surface area contributed by atoms with Crippen molar-refractivity contribution < 1.29 is 5.11 Å². The van der Waals surface area contributed by atoms with Crippen LogP contribution in [0.2, 0.25) is 0 Å². The molecule has 18 heavy (non-hydrogen) atoms. The van der Waals surface area contributed by atoms with Crippen LogP contribution >= 0.6 is 27.3 Å². The van der Waals surface area contributed by atoms with E-state index < -0.39 is 0 Å². The van der Waals surface area contributed by atoms with Crippen LogP contribution < -0.4 is 0 Å². The molecule has 0 spiro atoms. The van der Waals surface area contributed by atoms with Crippen LogP contribution in [0.4, 0.5) is 0 Å². The molecule has 0 aliphatic rings. The van der Waals surface area contributed by atoms with Crippen LogP contribution in [0.15, 0.2) is 40.2 Å². The Morgan fingerprint density at radius 2 is 2.17 bits per heavy atom. The second-order valence-corrected chi connectivity index (χ2v) is 6.43. The maximum atomic E-state index is 10.1. The predicted octanol–water partition coefficient (Wildman–Crippen LogP) is 4.36. The first-order valence-corrected chi connectivity index (χ1v) is 7.78. The van der Waals surface area contributed by atoms with Gasteiger partial charge in [-0.25, -0.2) is 0 Å². The number of hydrogen-bond donors (Lipinski definition) is 1. The second-order valence-electron chi connectivity index (χ2n) is 4.58. The average Bonchev–Trinajstić information content (AvgIpc) is 2.73. The summed E-state index contributed by atoms with van der Waals surface area (Å²) in [5.41, 5.74) is 2.59. The predicted molar refractivity (Wildman–Crippen MR) is 81.2 cm³/mol. The molecule has 2 rings (SSSR count). The van der Waals surface area contributed by atoms with Crippen LogP contribution in [-0.2, 0) is 12.8 Å². The van der Waals surface area contributed by atoms with Gasteiger partial charge in [0.25, 0.3) is 0 Å². The minimum atomic E-state index is -0.263. The lowest BCUT2D eigenvalue weighted by atomic mass is 10.0. The first kappa shape index (κ1) is 13.8. The highest BCUT2D eigenvalue weighted by Crippen LogP contribution is 2.24. The highest BCUT2D eigenvalue weighted by atomic mass is 79.9. The first-order chi connectivity index (χ1) is 8.65. The van der Waals surface area contributed by atoms with E-state index in [1.54, 1.807) is 11.3 Å². The molecular formula is C15H17BrOS. The van der Waals surface area contributed by atoms with Crippen molar-refractivity contribution in [2.45, 2.75) is 32.3 Å². The lowest BCUT2D eigenvalue weighted by Gasteiger charge is -2.10. The van der Waals surface area contributed by atoms with E-state index in [1.165, 1.54) is 16.0 Å². The Morgan fingerprint density at radius 3 is 2.83 bits per heavy atom. The van der Waals surface area contributed by atoms with Gasteiger partial charge in [0.05, 0.1) is 6.10 Å². The van der Waals surface area contributed by atoms with Gasteiger partial charge in [0.2, 0.25) is 0 Å². The molecule has 0 saturated carbocycles. The van der Waals surface area contributed by atoms with Crippen molar-refractivity contribution in [3.8, 4) is 0 Å². The van der Waals surface area contributed by atoms with Crippen molar-refractivity contribution in [3.63, 3.8) is 0 Å². The highest BCUT2D eigenvalue weighted by molar-refractivity contribution is 9.10. The standard InChI is InChI=1S/C15H17BrOS/c1-11-3-2-4-12(9-11)5-6-13(17)10-15-14(16)7-8-18-15/h2-4,7-9,13,17H,5-6,10H2,1H3. The molecule has 0 amide bonds. The molecule has 0 saturated heterocycles. The minimum Gasteiger partial charge on any atom is -0.393 e. The molecule has 1 aromatic heterocycles. The Balaban J connectivity index is 1.85. The van der Waals surface area contributed by atoms with Crippen LogP contribution in [0.5, 0.6) is 0 Å². The third kappa shape index (κ3) is 3.94. The molecule has 96 valence electrons. The van der Waals surface area contributed by atoms with Crippen molar-refractivity contribution >= 4 is 27.3 Å². The Bertz CT molecular complexity index is 507. The summed E-state index contributed by atoms with van der Waals surface area (Å²) in [7, 11) is 0. The number of rotatable bonds is 5. The fourth-order valence-corrected chi connectivity index (χ4v) is 3.57. The fourth-order valence-electron chi connectivity index (χ4n) is 1.99. The number of hydrogen-bond acceptors (Lipinski definition) is 2. The van der Waals surface area contributed by atoms with Crippen LogP contribution in [-0.4, -0.2) is 11.2 Å². The van der Waals surface area contributed by atoms with Gasteiger partial charge in [-0.05, 0) is 52.7 Å². The van der Waals surface area contributed by atoms with Crippen LogP contribution in [0.25, 0.3) is 0 Å². The van der Waals surface area contributed by atoms with Crippen molar-refractivity contribution in [2.24, 2.45) is 0 Å². The summed E-state index contributed by atoms with van der Waals surface area (Å²) in [5, 5.41) is 12.1. The molecule has 1 N–H and O–H groups in total. The van der Waals surface area contributed by atoms with Crippen molar-refractivity contribution in [1.29, 1.82) is 0 Å². The molecular weight excluding hydrogens is 308 g/mol. The van der Waals surface area contributed by atoms with E-state index in [4.69, 9.17) is 0 Å². The van der Waals surface area contributed by atoms with Crippen molar-refractivity contribution in [1.82, 2.24) is 0 Å². The Morgan fingerprint density at radius 1 is 1.33 bits per heavy atom. The SMILES string of the molecule is Cc1cccc(CCC(O)Cc2sccc2Br)c1. The molecule has 0 fully saturated rings. The van der Waals surface area contributed by atoms with Gasteiger partial charge in [0.15, 0.2) is 0 Å². The molecule has 1 heterocycles.